The minimum absolute atomic E-state index is 0.0490. The molecule has 0 bridgehead atoms. The molecular formula is C23H27NO5S. The van der Waals surface area contributed by atoms with Crippen LogP contribution in [0.25, 0.3) is 0 Å². The number of hydrogen-bond acceptors (Lipinski definition) is 6. The lowest BCUT2D eigenvalue weighted by Gasteiger charge is -2.26. The van der Waals surface area contributed by atoms with E-state index < -0.39 is 0 Å². The highest BCUT2D eigenvalue weighted by Crippen LogP contribution is 2.28. The third-order valence-corrected chi connectivity index (χ3v) is 6.40. The van der Waals surface area contributed by atoms with E-state index in [1.54, 1.807) is 6.92 Å². The molecular weight excluding hydrogens is 402 g/mol. The van der Waals surface area contributed by atoms with Crippen molar-refractivity contribution in [3.8, 4) is 0 Å². The third kappa shape index (κ3) is 4.78. The van der Waals surface area contributed by atoms with Crippen LogP contribution in [0.5, 0.6) is 0 Å². The maximum atomic E-state index is 12.8. The maximum Gasteiger partial charge on any atom is 0.228 e. The van der Waals surface area contributed by atoms with Crippen molar-refractivity contribution < 1.29 is 23.9 Å². The summed E-state index contributed by atoms with van der Waals surface area (Å²) in [7, 11) is 2.71. The number of allylic oxidation sites excluding steroid dienone is 2. The zero-order valence-electron chi connectivity index (χ0n) is 17.7. The van der Waals surface area contributed by atoms with Crippen molar-refractivity contribution in [1.82, 2.24) is 4.90 Å². The Hall–Kier alpha value is -2.54. The fourth-order valence-corrected chi connectivity index (χ4v) is 4.63. The highest BCUT2D eigenvalue weighted by atomic mass is 32.2. The zero-order valence-corrected chi connectivity index (χ0v) is 18.5. The molecule has 0 spiro atoms. The minimum Gasteiger partial charge on any atom is -0.489 e. The van der Waals surface area contributed by atoms with Gasteiger partial charge in [0.05, 0.1) is 14.2 Å². The molecule has 3 rings (SSSR count). The summed E-state index contributed by atoms with van der Waals surface area (Å²) in [6.45, 7) is 3.29. The van der Waals surface area contributed by atoms with Crippen molar-refractivity contribution in [2.75, 3.05) is 38.8 Å². The van der Waals surface area contributed by atoms with E-state index in [1.165, 1.54) is 14.2 Å². The molecule has 1 aliphatic carbocycles. The van der Waals surface area contributed by atoms with Gasteiger partial charge in [-0.15, -0.1) is 0 Å². The smallest absolute Gasteiger partial charge is 0.228 e. The largest absolute Gasteiger partial charge is 0.489 e. The van der Waals surface area contributed by atoms with Crippen LogP contribution in [0.15, 0.2) is 46.9 Å². The van der Waals surface area contributed by atoms with Gasteiger partial charge in [0.2, 0.25) is 29.0 Å². The SMILES string of the molecule is COC1=C(OC)C(=O)C(Cc2cccc(CCC(=O)N3CCSCC3)c2)=C(C)C1=O. The number of ketones is 2. The lowest BCUT2D eigenvalue weighted by atomic mass is 9.88. The second kappa shape index (κ2) is 9.98. The molecule has 0 unspecified atom stereocenters. The van der Waals surface area contributed by atoms with Crippen LogP contribution in [0.1, 0.15) is 24.5 Å². The molecule has 30 heavy (non-hydrogen) atoms. The fraction of sp³-hybridized carbons (Fsp3) is 0.435. The number of rotatable bonds is 7. The van der Waals surface area contributed by atoms with Crippen LogP contribution in [0, 0.1) is 0 Å². The van der Waals surface area contributed by atoms with Gasteiger partial charge in [0.1, 0.15) is 0 Å². The van der Waals surface area contributed by atoms with Gasteiger partial charge in [-0.1, -0.05) is 24.3 Å². The summed E-state index contributed by atoms with van der Waals surface area (Å²) in [4.78, 5) is 39.7. The molecule has 0 radical (unpaired) electrons. The van der Waals surface area contributed by atoms with Crippen molar-refractivity contribution in [3.63, 3.8) is 0 Å². The van der Waals surface area contributed by atoms with Gasteiger partial charge in [-0.25, -0.2) is 0 Å². The van der Waals surface area contributed by atoms with Crippen molar-refractivity contribution >= 4 is 29.2 Å². The number of nitrogens with zero attached hydrogens (tertiary/aromatic N) is 1. The fourth-order valence-electron chi connectivity index (χ4n) is 3.73. The summed E-state index contributed by atoms with van der Waals surface area (Å²) >= 11 is 1.88. The number of thioether (sulfide) groups is 1. The summed E-state index contributed by atoms with van der Waals surface area (Å²) in [5, 5.41) is 0. The topological polar surface area (TPSA) is 72.9 Å². The lowest BCUT2D eigenvalue weighted by molar-refractivity contribution is -0.130. The molecule has 1 heterocycles. The van der Waals surface area contributed by atoms with Crippen LogP contribution in [-0.4, -0.2) is 61.2 Å². The van der Waals surface area contributed by atoms with E-state index >= 15 is 0 Å². The van der Waals surface area contributed by atoms with E-state index in [0.29, 0.717) is 30.4 Å². The Balaban J connectivity index is 1.70. The van der Waals surface area contributed by atoms with Crippen LogP contribution in [0.2, 0.25) is 0 Å². The quantitative estimate of drug-likeness (QED) is 0.621. The van der Waals surface area contributed by atoms with Crippen LogP contribution < -0.4 is 0 Å². The molecule has 160 valence electrons. The first kappa shape index (κ1) is 22.2. The van der Waals surface area contributed by atoms with Gasteiger partial charge in [-0.2, -0.15) is 11.8 Å². The van der Waals surface area contributed by atoms with Crippen molar-refractivity contribution in [1.29, 1.82) is 0 Å². The molecule has 1 fully saturated rings. The number of methoxy groups -OCH3 is 2. The van der Waals surface area contributed by atoms with Gasteiger partial charge in [0.15, 0.2) is 0 Å². The Labute approximate surface area is 181 Å². The molecule has 6 nitrogen and oxygen atoms in total. The number of ether oxygens (including phenoxy) is 2. The molecule has 0 saturated carbocycles. The van der Waals surface area contributed by atoms with Crippen LogP contribution in [0.3, 0.4) is 0 Å². The average Bonchev–Trinajstić information content (AvgIpc) is 2.78. The van der Waals surface area contributed by atoms with E-state index in [0.717, 1.165) is 35.7 Å². The molecule has 1 amide bonds. The van der Waals surface area contributed by atoms with Gasteiger partial charge >= 0.3 is 0 Å². The molecule has 2 aliphatic rings. The number of amides is 1. The molecule has 0 atom stereocenters. The molecule has 1 aliphatic heterocycles. The number of Topliss-reactive ketones (excluding diaryl/α,β-unsaturated/α-hetero) is 2. The summed E-state index contributed by atoms with van der Waals surface area (Å²) < 4.78 is 10.2. The van der Waals surface area contributed by atoms with E-state index in [2.05, 4.69) is 0 Å². The van der Waals surface area contributed by atoms with E-state index in [9.17, 15) is 14.4 Å². The predicted molar refractivity (Wildman–Crippen MR) is 116 cm³/mol. The number of benzene rings is 1. The van der Waals surface area contributed by atoms with Crippen molar-refractivity contribution in [3.05, 3.63) is 58.1 Å². The lowest BCUT2D eigenvalue weighted by Crippen LogP contribution is -2.37. The normalized spacial score (nSPS) is 17.5. The Morgan fingerprint density at radius 2 is 1.67 bits per heavy atom. The Morgan fingerprint density at radius 3 is 2.33 bits per heavy atom. The van der Waals surface area contributed by atoms with Crippen molar-refractivity contribution in [2.45, 2.75) is 26.2 Å². The van der Waals surface area contributed by atoms with Crippen LogP contribution in [0.4, 0.5) is 0 Å². The first-order valence-corrected chi connectivity index (χ1v) is 11.2. The Kier molecular flexibility index (Phi) is 7.37. The van der Waals surface area contributed by atoms with Gasteiger partial charge in [0.25, 0.3) is 0 Å². The molecule has 1 aromatic rings. The zero-order chi connectivity index (χ0) is 21.7. The van der Waals surface area contributed by atoms with Crippen LogP contribution in [-0.2, 0) is 36.7 Å². The Bertz CT molecular complexity index is 912. The monoisotopic (exact) mass is 429 g/mol. The van der Waals surface area contributed by atoms with Gasteiger partial charge in [0, 0.05) is 48.6 Å². The highest BCUT2D eigenvalue weighted by Gasteiger charge is 2.34. The van der Waals surface area contributed by atoms with Crippen LogP contribution >= 0.6 is 11.8 Å². The summed E-state index contributed by atoms with van der Waals surface area (Å²) in [5.41, 5.74) is 2.75. The summed E-state index contributed by atoms with van der Waals surface area (Å²) in [6, 6.07) is 7.83. The second-order valence-electron chi connectivity index (χ2n) is 7.32. The standard InChI is InChI=1S/C23H27NO5S/c1-15-18(21(27)23(29-3)22(28-2)20(15)26)14-17-6-4-5-16(13-17)7-8-19(25)24-9-11-30-12-10-24/h4-6,13H,7-12,14H2,1-3H3. The first-order chi connectivity index (χ1) is 14.5. The summed E-state index contributed by atoms with van der Waals surface area (Å²) in [6.07, 6.45) is 1.45. The Morgan fingerprint density at radius 1 is 1.03 bits per heavy atom. The number of aryl methyl sites for hydroxylation is 1. The molecule has 0 aromatic heterocycles. The molecule has 1 saturated heterocycles. The third-order valence-electron chi connectivity index (χ3n) is 5.46. The van der Waals surface area contributed by atoms with E-state index in [1.807, 2.05) is 40.9 Å². The van der Waals surface area contributed by atoms with Gasteiger partial charge < -0.3 is 14.4 Å². The second-order valence-corrected chi connectivity index (χ2v) is 8.54. The molecule has 1 aromatic carbocycles. The average molecular weight is 430 g/mol. The summed E-state index contributed by atoms with van der Waals surface area (Å²) in [5.74, 6) is 1.45. The van der Waals surface area contributed by atoms with Crippen molar-refractivity contribution in [2.24, 2.45) is 0 Å². The number of hydrogen-bond donors (Lipinski definition) is 0. The minimum atomic E-state index is -0.328. The van der Waals surface area contributed by atoms with E-state index in [-0.39, 0.29) is 29.0 Å². The molecule has 0 N–H and O–H groups in total. The van der Waals surface area contributed by atoms with Gasteiger partial charge in [-0.05, 0) is 24.5 Å². The van der Waals surface area contributed by atoms with Gasteiger partial charge in [-0.3, -0.25) is 14.4 Å². The van der Waals surface area contributed by atoms with E-state index in [4.69, 9.17) is 9.47 Å². The first-order valence-electron chi connectivity index (χ1n) is 10.0. The predicted octanol–water partition coefficient (Wildman–Crippen LogP) is 2.71. The number of carbonyl (C=O) groups excluding carboxylic acids is 3. The maximum absolute atomic E-state index is 12.8. The molecule has 7 heteroatoms. The number of carbonyl (C=O) groups is 3. The highest BCUT2D eigenvalue weighted by molar-refractivity contribution is 7.99.